The number of anilines is 1. The van der Waals surface area contributed by atoms with Gasteiger partial charge in [-0.2, -0.15) is 0 Å². The van der Waals surface area contributed by atoms with Gasteiger partial charge in [-0.3, -0.25) is 9.52 Å². The minimum Gasteiger partial charge on any atom is -0.493 e. The molecule has 0 spiro atoms. The van der Waals surface area contributed by atoms with Crippen molar-refractivity contribution in [3.05, 3.63) is 84.3 Å². The Balaban J connectivity index is 1.60. The Morgan fingerprint density at radius 3 is 2.54 bits per heavy atom. The number of carbonyl (C=O) groups is 1. The van der Waals surface area contributed by atoms with Crippen LogP contribution >= 0.6 is 0 Å². The van der Waals surface area contributed by atoms with Gasteiger partial charge in [-0.25, -0.2) is 12.8 Å². The number of hydrogen-bond acceptors (Lipinski definition) is 4. The molecule has 8 nitrogen and oxygen atoms in total. The number of fused-ring (bicyclic) bond motifs is 2. The zero-order valence-corrected chi connectivity index (χ0v) is 19.2. The number of ether oxygens (including phenoxy) is 1. The summed E-state index contributed by atoms with van der Waals surface area (Å²) in [5.74, 6) is -2.66. The predicted molar refractivity (Wildman–Crippen MR) is 131 cm³/mol. The molecular formula is C25H20FN3O5S. The maximum absolute atomic E-state index is 15.1. The molecule has 4 N–H and O–H groups in total. The van der Waals surface area contributed by atoms with Crippen molar-refractivity contribution < 1.29 is 27.4 Å². The number of H-pyrrole nitrogens is 2. The van der Waals surface area contributed by atoms with Crippen LogP contribution in [0.25, 0.3) is 33.1 Å². The standard InChI is InChI=1S/C25H20FN3O5S/c1-34-23-18(22-13-14-4-2-3-5-21(14)28-22)11-16(12-19(23)26)24(25(30)31)35(32,33)29-17-6-7-20-15(10-17)8-9-27-20/h2-13,24,27-29H,1H3,(H,30,31). The number of carboxylic acids is 1. The molecule has 0 bridgehead atoms. The summed E-state index contributed by atoms with van der Waals surface area (Å²) in [6, 6.07) is 17.8. The summed E-state index contributed by atoms with van der Waals surface area (Å²) in [7, 11) is -3.23. The van der Waals surface area contributed by atoms with Crippen molar-refractivity contribution in [3.63, 3.8) is 0 Å². The van der Waals surface area contributed by atoms with Crippen LogP contribution in [0.1, 0.15) is 10.8 Å². The predicted octanol–water partition coefficient (Wildman–Crippen LogP) is 5.03. The van der Waals surface area contributed by atoms with Crippen LogP contribution in [0.4, 0.5) is 10.1 Å². The van der Waals surface area contributed by atoms with E-state index in [-0.39, 0.29) is 22.6 Å². The van der Waals surface area contributed by atoms with E-state index in [4.69, 9.17) is 4.74 Å². The van der Waals surface area contributed by atoms with Crippen LogP contribution in [-0.4, -0.2) is 36.6 Å². The van der Waals surface area contributed by atoms with E-state index in [0.29, 0.717) is 5.69 Å². The van der Waals surface area contributed by atoms with Gasteiger partial charge in [0.15, 0.2) is 11.6 Å². The van der Waals surface area contributed by atoms with E-state index in [2.05, 4.69) is 14.7 Å². The van der Waals surface area contributed by atoms with E-state index < -0.39 is 27.1 Å². The Labute approximate surface area is 199 Å². The van der Waals surface area contributed by atoms with Gasteiger partial charge in [0, 0.05) is 39.3 Å². The molecule has 0 saturated heterocycles. The van der Waals surface area contributed by atoms with E-state index in [1.165, 1.54) is 19.2 Å². The van der Waals surface area contributed by atoms with Crippen molar-refractivity contribution in [2.75, 3.05) is 11.8 Å². The Morgan fingerprint density at radius 2 is 1.80 bits per heavy atom. The van der Waals surface area contributed by atoms with Gasteiger partial charge in [-0.05, 0) is 54.1 Å². The number of aliphatic carboxylic acids is 1. The van der Waals surface area contributed by atoms with E-state index in [1.54, 1.807) is 30.5 Å². The fraction of sp³-hybridized carbons (Fsp3) is 0.0800. The third-order valence-electron chi connectivity index (χ3n) is 5.74. The van der Waals surface area contributed by atoms with E-state index in [1.807, 2.05) is 24.3 Å². The third-order valence-corrected chi connectivity index (χ3v) is 7.36. The number of para-hydroxylation sites is 1. The first kappa shape index (κ1) is 22.5. The monoisotopic (exact) mass is 493 g/mol. The lowest BCUT2D eigenvalue weighted by Crippen LogP contribution is -2.28. The highest BCUT2D eigenvalue weighted by atomic mass is 32.2. The first-order valence-corrected chi connectivity index (χ1v) is 12.1. The van der Waals surface area contributed by atoms with Crippen molar-refractivity contribution in [2.45, 2.75) is 5.25 Å². The number of nitrogens with one attached hydrogen (secondary N) is 3. The van der Waals surface area contributed by atoms with Gasteiger partial charge >= 0.3 is 5.97 Å². The molecule has 3 aromatic carbocycles. The maximum Gasteiger partial charge on any atom is 0.328 e. The second-order valence-electron chi connectivity index (χ2n) is 8.00. The Bertz CT molecular complexity index is 1660. The summed E-state index contributed by atoms with van der Waals surface area (Å²) in [6.45, 7) is 0. The number of methoxy groups -OCH3 is 1. The fourth-order valence-corrected chi connectivity index (χ4v) is 5.52. The molecule has 0 aliphatic rings. The second kappa shape index (κ2) is 8.48. The summed E-state index contributed by atoms with van der Waals surface area (Å²) in [5, 5.41) is 9.40. The lowest BCUT2D eigenvalue weighted by molar-refractivity contribution is -0.136. The summed E-state index contributed by atoms with van der Waals surface area (Å²) in [5.41, 5.74) is 2.17. The van der Waals surface area contributed by atoms with E-state index >= 15 is 4.39 Å². The molecular weight excluding hydrogens is 473 g/mol. The first-order valence-electron chi connectivity index (χ1n) is 10.5. The highest BCUT2D eigenvalue weighted by Crippen LogP contribution is 2.38. The molecule has 10 heteroatoms. The topological polar surface area (TPSA) is 124 Å². The van der Waals surface area contributed by atoms with Gasteiger partial charge in [-0.15, -0.1) is 0 Å². The minimum atomic E-state index is -4.52. The Hall–Kier alpha value is -4.31. The first-order chi connectivity index (χ1) is 16.8. The molecule has 1 unspecified atom stereocenters. The molecule has 0 saturated carbocycles. The van der Waals surface area contributed by atoms with Gasteiger partial charge in [0.05, 0.1) is 12.8 Å². The highest BCUT2D eigenvalue weighted by Gasteiger charge is 2.36. The SMILES string of the molecule is COc1c(F)cc(C(C(=O)O)S(=O)(=O)Nc2ccc3[nH]ccc3c2)cc1-c1cc2ccccc2[nH]1. The zero-order chi connectivity index (χ0) is 24.7. The average Bonchev–Trinajstić information content (AvgIpc) is 3.44. The largest absolute Gasteiger partial charge is 0.493 e. The molecule has 35 heavy (non-hydrogen) atoms. The van der Waals surface area contributed by atoms with Crippen molar-refractivity contribution in [3.8, 4) is 17.0 Å². The zero-order valence-electron chi connectivity index (χ0n) is 18.4. The van der Waals surface area contributed by atoms with Crippen LogP contribution in [0.3, 0.4) is 0 Å². The molecule has 5 aromatic rings. The van der Waals surface area contributed by atoms with Crippen LogP contribution < -0.4 is 9.46 Å². The highest BCUT2D eigenvalue weighted by molar-refractivity contribution is 7.93. The molecule has 1 atom stereocenters. The lowest BCUT2D eigenvalue weighted by Gasteiger charge is -2.18. The van der Waals surface area contributed by atoms with Crippen molar-refractivity contribution in [1.82, 2.24) is 9.97 Å². The van der Waals surface area contributed by atoms with Crippen molar-refractivity contribution in [1.29, 1.82) is 0 Å². The molecule has 0 aliphatic carbocycles. The second-order valence-corrected chi connectivity index (χ2v) is 9.76. The van der Waals surface area contributed by atoms with Gasteiger partial charge in [0.2, 0.25) is 5.25 Å². The number of hydrogen-bond donors (Lipinski definition) is 4. The van der Waals surface area contributed by atoms with E-state index in [0.717, 1.165) is 27.9 Å². The third kappa shape index (κ3) is 4.08. The molecule has 0 fully saturated rings. The lowest BCUT2D eigenvalue weighted by atomic mass is 10.0. The molecule has 5 rings (SSSR count). The van der Waals surface area contributed by atoms with Gasteiger partial charge in [0.25, 0.3) is 10.0 Å². The number of rotatable bonds is 7. The molecule has 178 valence electrons. The maximum atomic E-state index is 15.1. The summed E-state index contributed by atoms with van der Waals surface area (Å²) < 4.78 is 49.0. The molecule has 0 amide bonds. The Kier molecular flexibility index (Phi) is 5.45. The number of benzene rings is 3. The summed E-state index contributed by atoms with van der Waals surface area (Å²) in [6.07, 6.45) is 1.70. The molecule has 0 radical (unpaired) electrons. The van der Waals surface area contributed by atoms with Crippen LogP contribution in [-0.2, 0) is 14.8 Å². The summed E-state index contributed by atoms with van der Waals surface area (Å²) >= 11 is 0. The van der Waals surface area contributed by atoms with Crippen molar-refractivity contribution >= 4 is 43.5 Å². The molecule has 2 aromatic heterocycles. The Morgan fingerprint density at radius 1 is 1.03 bits per heavy atom. The van der Waals surface area contributed by atoms with Gasteiger partial charge in [-0.1, -0.05) is 18.2 Å². The molecule has 2 heterocycles. The van der Waals surface area contributed by atoms with Gasteiger partial charge < -0.3 is 19.8 Å². The minimum absolute atomic E-state index is 0.132. The van der Waals surface area contributed by atoms with Crippen LogP contribution in [0.2, 0.25) is 0 Å². The average molecular weight is 494 g/mol. The normalized spacial score (nSPS) is 12.6. The molecule has 0 aliphatic heterocycles. The van der Waals surface area contributed by atoms with Crippen molar-refractivity contribution in [2.24, 2.45) is 0 Å². The van der Waals surface area contributed by atoms with Crippen LogP contribution in [0.5, 0.6) is 5.75 Å². The number of sulfonamides is 1. The smallest absolute Gasteiger partial charge is 0.328 e. The number of carboxylic acid groups (broad SMARTS) is 1. The quantitative estimate of drug-likeness (QED) is 0.253. The summed E-state index contributed by atoms with van der Waals surface area (Å²) in [4.78, 5) is 18.3. The number of halogens is 1. The fourth-order valence-electron chi connectivity index (χ4n) is 4.19. The number of aromatic amines is 2. The number of aromatic nitrogens is 2. The van der Waals surface area contributed by atoms with Gasteiger partial charge in [0.1, 0.15) is 0 Å². The van der Waals surface area contributed by atoms with E-state index in [9.17, 15) is 18.3 Å². The van der Waals surface area contributed by atoms with Crippen LogP contribution in [0, 0.1) is 5.82 Å². The van der Waals surface area contributed by atoms with Crippen LogP contribution in [0.15, 0.2) is 72.9 Å².